The van der Waals surface area contributed by atoms with Gasteiger partial charge in [0.2, 0.25) is 0 Å². The Morgan fingerprint density at radius 1 is 0.600 bits per heavy atom. The van der Waals surface area contributed by atoms with Crippen LogP contribution in [0.2, 0.25) is 0 Å². The van der Waals surface area contributed by atoms with Gasteiger partial charge in [0.05, 0.1) is 11.0 Å². The standard InChI is InChI=1S/C37H27N3/c1-23-19-25(37-31-9-4-3-7-29(31)33-21-38-17-15-32(33)37)11-13-27(23)28-14-12-26(20-24(28)2)40-35-10-6-5-8-30(35)34-22-39-18-16-36(34)40/h3-22,38H,1-2H3. The fourth-order valence-electron chi connectivity index (χ4n) is 6.57. The molecule has 3 nitrogen and oxygen atoms in total. The fraction of sp³-hybridized carbons (Fsp3) is 0.0541. The van der Waals surface area contributed by atoms with Gasteiger partial charge in [-0.3, -0.25) is 4.98 Å². The maximum atomic E-state index is 4.40. The minimum Gasteiger partial charge on any atom is -0.367 e. The molecule has 8 rings (SSSR count). The second-order valence-electron chi connectivity index (χ2n) is 10.7. The van der Waals surface area contributed by atoms with E-state index in [-0.39, 0.29) is 0 Å². The van der Waals surface area contributed by atoms with E-state index in [1.165, 1.54) is 82.8 Å². The maximum absolute atomic E-state index is 4.40. The van der Waals surface area contributed by atoms with Crippen LogP contribution in [0.15, 0.2) is 122 Å². The predicted octanol–water partition coefficient (Wildman–Crippen LogP) is 9.72. The monoisotopic (exact) mass is 513 g/mol. The molecule has 0 saturated heterocycles. The summed E-state index contributed by atoms with van der Waals surface area (Å²) in [6, 6.07) is 35.3. The van der Waals surface area contributed by atoms with Crippen LogP contribution in [0.5, 0.6) is 0 Å². The number of benzene rings is 4. The van der Waals surface area contributed by atoms with Crippen LogP contribution < -0.4 is 0 Å². The van der Waals surface area contributed by atoms with Gasteiger partial charge >= 0.3 is 0 Å². The Morgan fingerprint density at radius 3 is 2.15 bits per heavy atom. The van der Waals surface area contributed by atoms with E-state index >= 15 is 0 Å². The Kier molecular flexibility index (Phi) is 4.95. The van der Waals surface area contributed by atoms with Crippen LogP contribution >= 0.6 is 0 Å². The number of nitrogens with one attached hydrogen (secondary N) is 1. The van der Waals surface area contributed by atoms with E-state index in [4.69, 9.17) is 0 Å². The lowest BCUT2D eigenvalue weighted by atomic mass is 9.92. The highest BCUT2D eigenvalue weighted by Crippen LogP contribution is 2.45. The molecule has 0 fully saturated rings. The first-order valence-electron chi connectivity index (χ1n) is 13.7. The van der Waals surface area contributed by atoms with Gasteiger partial charge in [-0.2, -0.15) is 0 Å². The second kappa shape index (κ2) is 8.69. The van der Waals surface area contributed by atoms with Crippen molar-refractivity contribution in [3.63, 3.8) is 0 Å². The molecule has 0 unspecified atom stereocenters. The van der Waals surface area contributed by atoms with Gasteiger partial charge < -0.3 is 9.55 Å². The lowest BCUT2D eigenvalue weighted by molar-refractivity contribution is 1.17. The Bertz CT molecular complexity index is 2140. The van der Waals surface area contributed by atoms with Gasteiger partial charge in [-0.1, -0.05) is 66.7 Å². The number of pyridine rings is 2. The van der Waals surface area contributed by atoms with E-state index < -0.39 is 0 Å². The normalized spacial score (nSPS) is 11.8. The smallest absolute Gasteiger partial charge is 0.0571 e. The Balaban J connectivity index is 1.24. The first kappa shape index (κ1) is 22.8. The minimum absolute atomic E-state index is 1.17. The molecule has 2 aliphatic rings. The quantitative estimate of drug-likeness (QED) is 0.251. The van der Waals surface area contributed by atoms with E-state index in [2.05, 4.69) is 132 Å². The molecule has 0 saturated carbocycles. The predicted molar refractivity (Wildman–Crippen MR) is 167 cm³/mol. The number of hydrogen-bond donors (Lipinski definition) is 1. The summed E-state index contributed by atoms with van der Waals surface area (Å²) in [5, 5.41) is 4.99. The highest BCUT2D eigenvalue weighted by molar-refractivity contribution is 6.14. The van der Waals surface area contributed by atoms with Crippen LogP contribution in [0.25, 0.3) is 71.6 Å². The number of H-pyrrole nitrogens is 1. The third-order valence-corrected chi connectivity index (χ3v) is 8.37. The lowest BCUT2D eigenvalue weighted by Gasteiger charge is -2.15. The number of rotatable bonds is 3. The summed E-state index contributed by atoms with van der Waals surface area (Å²) in [6.07, 6.45) is 7.98. The van der Waals surface area contributed by atoms with E-state index in [1.54, 1.807) is 0 Å². The largest absolute Gasteiger partial charge is 0.367 e. The van der Waals surface area contributed by atoms with Gasteiger partial charge in [0.1, 0.15) is 0 Å². The molecule has 4 aromatic carbocycles. The molecule has 1 aliphatic carbocycles. The average molecular weight is 514 g/mol. The number of aryl methyl sites for hydroxylation is 2. The average Bonchev–Trinajstić information content (AvgIpc) is 3.51. The van der Waals surface area contributed by atoms with Crippen molar-refractivity contribution in [2.45, 2.75) is 13.8 Å². The molecule has 2 aromatic heterocycles. The number of hydrogen-bond acceptors (Lipinski definition) is 1. The van der Waals surface area contributed by atoms with Crippen molar-refractivity contribution in [2.75, 3.05) is 0 Å². The van der Waals surface area contributed by atoms with Crippen LogP contribution in [0, 0.1) is 13.8 Å². The van der Waals surface area contributed by atoms with Crippen LogP contribution in [0.4, 0.5) is 0 Å². The fourth-order valence-corrected chi connectivity index (χ4v) is 6.57. The van der Waals surface area contributed by atoms with E-state index in [1.807, 2.05) is 18.6 Å². The number of aromatic nitrogens is 3. The summed E-state index contributed by atoms with van der Waals surface area (Å²) >= 11 is 0. The van der Waals surface area contributed by atoms with E-state index in [9.17, 15) is 0 Å². The molecule has 3 heterocycles. The van der Waals surface area contributed by atoms with Gasteiger partial charge in [0.15, 0.2) is 0 Å². The molecule has 0 amide bonds. The van der Waals surface area contributed by atoms with Crippen LogP contribution in [0.3, 0.4) is 0 Å². The van der Waals surface area contributed by atoms with Crippen molar-refractivity contribution in [3.05, 3.63) is 133 Å². The number of nitrogens with zero attached hydrogens (tertiary/aromatic N) is 2. The van der Waals surface area contributed by atoms with Crippen molar-refractivity contribution < 1.29 is 0 Å². The third-order valence-electron chi connectivity index (χ3n) is 8.37. The highest BCUT2D eigenvalue weighted by Gasteiger charge is 2.19. The first-order chi connectivity index (χ1) is 19.7. The zero-order chi connectivity index (χ0) is 26.8. The van der Waals surface area contributed by atoms with E-state index in [0.29, 0.717) is 0 Å². The topological polar surface area (TPSA) is 33.6 Å². The SMILES string of the molecule is Cc1cc(-c2c3cc[nH]cc-3c3ccccc23)ccc1-c1ccc(-n2c3ccccc3c3cnccc32)cc1C. The summed E-state index contributed by atoms with van der Waals surface area (Å²) in [5.74, 6) is 0. The third kappa shape index (κ3) is 3.28. The molecule has 190 valence electrons. The van der Waals surface area contributed by atoms with Crippen LogP contribution in [0.1, 0.15) is 11.1 Å². The van der Waals surface area contributed by atoms with Crippen molar-refractivity contribution >= 4 is 32.6 Å². The van der Waals surface area contributed by atoms with Gasteiger partial charge in [0, 0.05) is 46.8 Å². The van der Waals surface area contributed by atoms with Crippen LogP contribution in [-0.4, -0.2) is 14.5 Å². The Morgan fingerprint density at radius 2 is 1.32 bits per heavy atom. The molecule has 0 spiro atoms. The zero-order valence-corrected chi connectivity index (χ0v) is 22.4. The molecular weight excluding hydrogens is 486 g/mol. The zero-order valence-electron chi connectivity index (χ0n) is 22.4. The van der Waals surface area contributed by atoms with Gasteiger partial charge in [-0.25, -0.2) is 0 Å². The summed E-state index contributed by atoms with van der Waals surface area (Å²) in [6.45, 7) is 4.45. The molecule has 3 heteroatoms. The summed E-state index contributed by atoms with van der Waals surface area (Å²) in [5.41, 5.74) is 13.7. The van der Waals surface area contributed by atoms with Crippen molar-refractivity contribution in [1.82, 2.24) is 14.5 Å². The number of para-hydroxylation sites is 1. The second-order valence-corrected chi connectivity index (χ2v) is 10.7. The Labute approximate surface area is 232 Å². The first-order valence-corrected chi connectivity index (χ1v) is 13.7. The van der Waals surface area contributed by atoms with Crippen molar-refractivity contribution in [3.8, 4) is 39.1 Å². The maximum Gasteiger partial charge on any atom is 0.0571 e. The summed E-state index contributed by atoms with van der Waals surface area (Å²) < 4.78 is 2.35. The molecule has 0 bridgehead atoms. The molecule has 40 heavy (non-hydrogen) atoms. The van der Waals surface area contributed by atoms with Gasteiger partial charge in [-0.05, 0) is 93.9 Å². The highest BCUT2D eigenvalue weighted by atomic mass is 15.0. The lowest BCUT2D eigenvalue weighted by Crippen LogP contribution is -1.96. The minimum atomic E-state index is 1.17. The van der Waals surface area contributed by atoms with Crippen LogP contribution in [-0.2, 0) is 0 Å². The van der Waals surface area contributed by atoms with Gasteiger partial charge in [0.25, 0.3) is 0 Å². The number of fused-ring (bicyclic) bond motifs is 6. The number of aromatic amines is 1. The molecule has 1 aliphatic heterocycles. The van der Waals surface area contributed by atoms with E-state index in [0.717, 1.165) is 0 Å². The molecule has 6 aromatic rings. The molecule has 1 N–H and O–H groups in total. The molecular formula is C37H27N3. The molecule has 0 radical (unpaired) electrons. The Hall–Kier alpha value is -5.15. The summed E-state index contributed by atoms with van der Waals surface area (Å²) in [4.78, 5) is 7.66. The van der Waals surface area contributed by atoms with Crippen molar-refractivity contribution in [1.29, 1.82) is 0 Å². The summed E-state index contributed by atoms with van der Waals surface area (Å²) in [7, 11) is 0. The van der Waals surface area contributed by atoms with Crippen molar-refractivity contribution in [2.24, 2.45) is 0 Å². The van der Waals surface area contributed by atoms with Gasteiger partial charge in [-0.15, -0.1) is 0 Å². The molecule has 0 atom stereocenters.